The highest BCUT2D eigenvalue weighted by Gasteiger charge is 2.11. The first-order chi connectivity index (χ1) is 12.5. The second kappa shape index (κ2) is 9.70. The summed E-state index contributed by atoms with van der Waals surface area (Å²) in [6.07, 6.45) is 2.61. The number of aryl methyl sites for hydroxylation is 1. The van der Waals surface area contributed by atoms with E-state index in [4.69, 9.17) is 4.74 Å². The fraction of sp³-hybridized carbons (Fsp3) is 0.474. The third-order valence-electron chi connectivity index (χ3n) is 4.13. The van der Waals surface area contributed by atoms with E-state index in [-0.39, 0.29) is 30.0 Å². The normalized spacial score (nSPS) is 10.6. The number of nitrogens with zero attached hydrogens (tertiary/aromatic N) is 3. The van der Waals surface area contributed by atoms with Crippen LogP contribution in [0.1, 0.15) is 38.8 Å². The average molecular weight is 358 g/mol. The van der Waals surface area contributed by atoms with Crippen molar-refractivity contribution in [3.8, 4) is 17.1 Å². The molecule has 0 radical (unpaired) electrons. The van der Waals surface area contributed by atoms with Gasteiger partial charge in [0.25, 0.3) is 5.56 Å². The van der Waals surface area contributed by atoms with Gasteiger partial charge in [-0.2, -0.15) is 0 Å². The van der Waals surface area contributed by atoms with Crippen LogP contribution in [-0.4, -0.2) is 46.2 Å². The fourth-order valence-electron chi connectivity index (χ4n) is 2.29. The van der Waals surface area contributed by atoms with Gasteiger partial charge in [0.2, 0.25) is 5.91 Å². The van der Waals surface area contributed by atoms with Gasteiger partial charge in [-0.1, -0.05) is 13.3 Å². The first kappa shape index (κ1) is 19.6. The number of aromatic amines is 1. The zero-order valence-electron chi connectivity index (χ0n) is 15.6. The molecule has 2 aromatic rings. The third kappa shape index (κ3) is 5.40. The Hall–Kier alpha value is -2.70. The second-order valence-electron chi connectivity index (χ2n) is 6.08. The molecule has 1 aromatic carbocycles. The number of amides is 1. The number of benzene rings is 1. The predicted molar refractivity (Wildman–Crippen MR) is 100 cm³/mol. The van der Waals surface area contributed by atoms with Crippen LogP contribution in [0.2, 0.25) is 0 Å². The summed E-state index contributed by atoms with van der Waals surface area (Å²) in [5, 5.41) is 8.09. The Kier molecular flexibility index (Phi) is 7.32. The van der Waals surface area contributed by atoms with Gasteiger partial charge in [0.1, 0.15) is 11.4 Å². The zero-order chi connectivity index (χ0) is 18.9. The summed E-state index contributed by atoms with van der Waals surface area (Å²) < 4.78 is 5.62. The molecule has 26 heavy (non-hydrogen) atoms. The summed E-state index contributed by atoms with van der Waals surface area (Å²) in [4.78, 5) is 28.4. The summed E-state index contributed by atoms with van der Waals surface area (Å²) in [5.41, 5.74) is 0.710. The molecule has 0 aliphatic heterocycles. The van der Waals surface area contributed by atoms with Crippen molar-refractivity contribution in [1.82, 2.24) is 20.1 Å². The van der Waals surface area contributed by atoms with Gasteiger partial charge in [-0.15, -0.1) is 10.2 Å². The molecule has 0 saturated heterocycles. The number of H-pyrrole nitrogens is 1. The van der Waals surface area contributed by atoms with Crippen LogP contribution in [0, 0.1) is 0 Å². The minimum atomic E-state index is -0.315. The number of carbonyl (C=O) groups excluding carboxylic acids is 1. The van der Waals surface area contributed by atoms with Crippen molar-refractivity contribution in [2.75, 3.05) is 20.2 Å². The smallest absolute Gasteiger partial charge is 0.273 e. The van der Waals surface area contributed by atoms with Crippen molar-refractivity contribution in [3.05, 3.63) is 40.3 Å². The highest BCUT2D eigenvalue weighted by Crippen LogP contribution is 2.18. The molecule has 0 bridgehead atoms. The van der Waals surface area contributed by atoms with Gasteiger partial charge in [0.05, 0.1) is 6.61 Å². The van der Waals surface area contributed by atoms with E-state index in [1.54, 1.807) is 11.9 Å². The van der Waals surface area contributed by atoms with Crippen molar-refractivity contribution >= 4 is 5.91 Å². The zero-order valence-corrected chi connectivity index (χ0v) is 15.6. The van der Waals surface area contributed by atoms with Gasteiger partial charge in [0, 0.05) is 32.0 Å². The highest BCUT2D eigenvalue weighted by atomic mass is 16.5. The van der Waals surface area contributed by atoms with E-state index < -0.39 is 0 Å². The number of hydrogen-bond acceptors (Lipinski definition) is 5. The Balaban J connectivity index is 2.02. The van der Waals surface area contributed by atoms with Gasteiger partial charge >= 0.3 is 0 Å². The third-order valence-corrected chi connectivity index (χ3v) is 4.13. The molecule has 0 fully saturated rings. The van der Waals surface area contributed by atoms with Crippen LogP contribution in [-0.2, 0) is 11.2 Å². The molecular weight excluding hydrogens is 332 g/mol. The van der Waals surface area contributed by atoms with Gasteiger partial charge < -0.3 is 14.6 Å². The van der Waals surface area contributed by atoms with Crippen LogP contribution >= 0.6 is 0 Å². The van der Waals surface area contributed by atoms with Crippen LogP contribution in [0.3, 0.4) is 0 Å². The molecule has 1 amide bonds. The molecule has 140 valence electrons. The van der Waals surface area contributed by atoms with E-state index in [1.807, 2.05) is 31.2 Å². The molecule has 0 atom stereocenters. The van der Waals surface area contributed by atoms with E-state index in [0.717, 1.165) is 24.2 Å². The lowest BCUT2D eigenvalue weighted by atomic mass is 10.2. The van der Waals surface area contributed by atoms with Crippen LogP contribution in [0.25, 0.3) is 11.4 Å². The number of nitrogens with one attached hydrogen (secondary N) is 1. The molecule has 0 aliphatic carbocycles. The summed E-state index contributed by atoms with van der Waals surface area (Å²) in [5.74, 6) is 1.17. The number of rotatable bonds is 9. The maximum atomic E-state index is 12.2. The van der Waals surface area contributed by atoms with E-state index in [9.17, 15) is 9.59 Å². The Morgan fingerprint density at radius 1 is 1.19 bits per heavy atom. The number of aromatic nitrogens is 3. The lowest BCUT2D eigenvalue weighted by molar-refractivity contribution is -0.129. The molecule has 1 aromatic heterocycles. The van der Waals surface area contributed by atoms with Crippen molar-refractivity contribution < 1.29 is 9.53 Å². The lowest BCUT2D eigenvalue weighted by Crippen LogP contribution is -2.27. The van der Waals surface area contributed by atoms with Gasteiger partial charge in [-0.3, -0.25) is 9.59 Å². The second-order valence-corrected chi connectivity index (χ2v) is 6.08. The molecule has 7 nitrogen and oxygen atoms in total. The summed E-state index contributed by atoms with van der Waals surface area (Å²) in [7, 11) is 1.73. The molecule has 0 aliphatic rings. The largest absolute Gasteiger partial charge is 0.494 e. The predicted octanol–water partition coefficient (Wildman–Crippen LogP) is 2.42. The highest BCUT2D eigenvalue weighted by molar-refractivity contribution is 5.76. The molecule has 2 rings (SSSR count). The summed E-state index contributed by atoms with van der Waals surface area (Å²) in [6.45, 7) is 5.34. The number of unbranched alkanes of at least 4 members (excludes halogenated alkanes) is 1. The number of ether oxygens (including phenoxy) is 1. The molecule has 0 saturated carbocycles. The van der Waals surface area contributed by atoms with E-state index in [2.05, 4.69) is 22.1 Å². The van der Waals surface area contributed by atoms with Gasteiger partial charge in [0.15, 0.2) is 5.82 Å². The quantitative estimate of drug-likeness (QED) is 0.696. The maximum absolute atomic E-state index is 12.2. The van der Waals surface area contributed by atoms with E-state index >= 15 is 0 Å². The van der Waals surface area contributed by atoms with Crippen molar-refractivity contribution in [2.24, 2.45) is 0 Å². The SMILES string of the molecule is CCCCOc1ccc(-c2nnc(CCC(=O)N(C)CC)c(=O)[nH]2)cc1. The van der Waals surface area contributed by atoms with Crippen molar-refractivity contribution in [2.45, 2.75) is 39.5 Å². The number of hydrogen-bond donors (Lipinski definition) is 1. The molecule has 1 heterocycles. The van der Waals surface area contributed by atoms with E-state index in [0.29, 0.717) is 19.0 Å². The average Bonchev–Trinajstić information content (AvgIpc) is 2.66. The topological polar surface area (TPSA) is 88.2 Å². The Bertz CT molecular complexity index is 771. The van der Waals surface area contributed by atoms with Crippen LogP contribution in [0.4, 0.5) is 0 Å². The van der Waals surface area contributed by atoms with E-state index in [1.165, 1.54) is 0 Å². The maximum Gasteiger partial charge on any atom is 0.273 e. The van der Waals surface area contributed by atoms with Crippen molar-refractivity contribution in [3.63, 3.8) is 0 Å². The molecule has 1 N–H and O–H groups in total. The van der Waals surface area contributed by atoms with Gasteiger partial charge in [-0.05, 0) is 37.6 Å². The molecule has 7 heteroatoms. The Morgan fingerprint density at radius 2 is 1.92 bits per heavy atom. The Morgan fingerprint density at radius 3 is 2.54 bits per heavy atom. The first-order valence-corrected chi connectivity index (χ1v) is 8.98. The number of carbonyl (C=O) groups is 1. The monoisotopic (exact) mass is 358 g/mol. The minimum Gasteiger partial charge on any atom is -0.494 e. The summed E-state index contributed by atoms with van der Waals surface area (Å²) >= 11 is 0. The van der Waals surface area contributed by atoms with Crippen LogP contribution in [0.5, 0.6) is 5.75 Å². The standard InChI is InChI=1S/C19H26N4O3/c1-4-6-13-26-15-9-7-14(8-10-15)18-20-19(25)16(21-22-18)11-12-17(24)23(3)5-2/h7-10H,4-6,11-13H2,1-3H3,(H,20,22,25). The summed E-state index contributed by atoms with van der Waals surface area (Å²) in [6, 6.07) is 7.36. The van der Waals surface area contributed by atoms with Crippen LogP contribution in [0.15, 0.2) is 29.1 Å². The molecular formula is C19H26N4O3. The lowest BCUT2D eigenvalue weighted by Gasteiger charge is -2.13. The molecule has 0 spiro atoms. The van der Waals surface area contributed by atoms with Crippen LogP contribution < -0.4 is 10.3 Å². The Labute approximate surface area is 153 Å². The minimum absolute atomic E-state index is 0.0172. The molecule has 0 unspecified atom stereocenters. The van der Waals surface area contributed by atoms with Gasteiger partial charge in [-0.25, -0.2) is 0 Å². The fourth-order valence-corrected chi connectivity index (χ4v) is 2.29. The first-order valence-electron chi connectivity index (χ1n) is 8.98. The van der Waals surface area contributed by atoms with Crippen molar-refractivity contribution in [1.29, 1.82) is 0 Å².